The highest BCUT2D eigenvalue weighted by molar-refractivity contribution is 6.26. The quantitative estimate of drug-likeness (QED) is 0.411. The monoisotopic (exact) mass is 498 g/mol. The van der Waals surface area contributed by atoms with E-state index in [2.05, 4.69) is 4.98 Å². The van der Waals surface area contributed by atoms with Crippen LogP contribution in [0.1, 0.15) is 16.7 Å². The number of carbonyl (C=O) groups excluding carboxylic acids is 1. The number of benzene rings is 2. The summed E-state index contributed by atoms with van der Waals surface area (Å²) < 4.78 is 36.5. The summed E-state index contributed by atoms with van der Waals surface area (Å²) in [5.74, 6) is -1.07. The Labute approximate surface area is 204 Å². The first-order chi connectivity index (χ1) is 17.0. The number of nitriles is 1. The van der Waals surface area contributed by atoms with E-state index in [1.54, 1.807) is 24.3 Å². The number of pyridine rings is 1. The van der Waals surface area contributed by atoms with Crippen LogP contribution in [0.3, 0.4) is 0 Å². The molecule has 0 bridgehead atoms. The first-order valence-electron chi connectivity index (χ1n) is 11.0. The molecule has 4 atom stereocenters. The number of nitrogens with one attached hydrogen (secondary N) is 1. The van der Waals surface area contributed by atoms with Gasteiger partial charge in [0.2, 0.25) is 0 Å². The van der Waals surface area contributed by atoms with Crippen molar-refractivity contribution in [2.45, 2.75) is 30.8 Å². The van der Waals surface area contributed by atoms with Crippen LogP contribution in [-0.2, 0) is 25.4 Å². The molecule has 2 aliphatic heterocycles. The predicted molar refractivity (Wildman–Crippen MR) is 123 cm³/mol. The Bertz CT molecular complexity index is 1370. The normalized spacial score (nSPS) is 23.1. The smallest absolute Gasteiger partial charge is 0.321 e. The second-order valence-corrected chi connectivity index (χ2v) is 8.59. The van der Waals surface area contributed by atoms with Crippen molar-refractivity contribution >= 4 is 28.5 Å². The zero-order valence-corrected chi connectivity index (χ0v) is 19.1. The minimum Gasteiger partial charge on any atom is -0.483 e. The lowest BCUT2D eigenvalue weighted by Gasteiger charge is -2.21. The van der Waals surface area contributed by atoms with Gasteiger partial charge in [0.15, 0.2) is 23.5 Å². The number of alkyl halides is 1. The number of fused-ring (bicyclic) bond motifs is 2. The van der Waals surface area contributed by atoms with Crippen molar-refractivity contribution in [1.82, 2.24) is 4.98 Å². The molecular weight excluding hydrogens is 479 g/mol. The topological polar surface area (TPSA) is 111 Å². The molecule has 10 heteroatoms. The van der Waals surface area contributed by atoms with Gasteiger partial charge in [-0.25, -0.2) is 4.39 Å². The molecule has 2 fully saturated rings. The van der Waals surface area contributed by atoms with E-state index in [1.165, 1.54) is 12.1 Å². The maximum Gasteiger partial charge on any atom is 0.321 e. The summed E-state index contributed by atoms with van der Waals surface area (Å²) in [5, 5.41) is 10.3. The maximum atomic E-state index is 13.4. The number of aromatic amines is 1. The highest BCUT2D eigenvalue weighted by atomic mass is 35.5. The van der Waals surface area contributed by atoms with E-state index in [0.717, 1.165) is 11.1 Å². The first kappa shape index (κ1) is 23.3. The lowest BCUT2D eigenvalue weighted by Crippen LogP contribution is -2.36. The van der Waals surface area contributed by atoms with Gasteiger partial charge in [-0.1, -0.05) is 24.3 Å². The minimum atomic E-state index is -0.643. The highest BCUT2D eigenvalue weighted by Gasteiger charge is 2.51. The number of ether oxygens (including phenoxy) is 4. The van der Waals surface area contributed by atoms with Gasteiger partial charge in [0.25, 0.3) is 5.56 Å². The molecule has 180 valence electrons. The zero-order valence-electron chi connectivity index (χ0n) is 18.3. The lowest BCUT2D eigenvalue weighted by atomic mass is 9.98. The van der Waals surface area contributed by atoms with Gasteiger partial charge in [-0.2, -0.15) is 5.26 Å². The van der Waals surface area contributed by atoms with Gasteiger partial charge >= 0.3 is 5.97 Å². The minimum absolute atomic E-state index is 0.115. The third kappa shape index (κ3) is 4.48. The largest absolute Gasteiger partial charge is 0.483 e. The molecule has 3 aromatic rings. The van der Waals surface area contributed by atoms with E-state index in [4.69, 9.17) is 30.5 Å². The molecule has 0 amide bonds. The Hall–Kier alpha value is -3.45. The van der Waals surface area contributed by atoms with E-state index >= 15 is 0 Å². The van der Waals surface area contributed by atoms with Gasteiger partial charge in [0.05, 0.1) is 18.7 Å². The predicted octanol–water partition coefficient (Wildman–Crippen LogP) is 2.83. The number of rotatable bonds is 6. The van der Waals surface area contributed by atoms with Crippen LogP contribution in [0.4, 0.5) is 4.39 Å². The molecule has 0 unspecified atom stereocenters. The zero-order chi connectivity index (χ0) is 24.5. The van der Waals surface area contributed by atoms with Crippen molar-refractivity contribution < 1.29 is 28.1 Å². The highest BCUT2D eigenvalue weighted by Crippen LogP contribution is 2.36. The number of halogens is 2. The van der Waals surface area contributed by atoms with Crippen LogP contribution in [0.25, 0.3) is 10.9 Å². The van der Waals surface area contributed by atoms with Crippen molar-refractivity contribution in [2.75, 3.05) is 19.1 Å². The second kappa shape index (κ2) is 9.66. The third-order valence-corrected chi connectivity index (χ3v) is 6.34. The van der Waals surface area contributed by atoms with Crippen molar-refractivity contribution in [1.29, 1.82) is 5.26 Å². The molecule has 1 N–H and O–H groups in total. The van der Waals surface area contributed by atoms with Crippen LogP contribution in [0.15, 0.2) is 47.3 Å². The summed E-state index contributed by atoms with van der Waals surface area (Å²) in [6.07, 6.45) is -1.96. The molecular formula is C25H20ClFN2O6. The van der Waals surface area contributed by atoms with Gasteiger partial charge in [-0.05, 0) is 35.7 Å². The molecule has 0 saturated carbocycles. The van der Waals surface area contributed by atoms with Gasteiger partial charge < -0.3 is 23.9 Å². The van der Waals surface area contributed by atoms with E-state index in [0.29, 0.717) is 17.3 Å². The molecule has 8 nitrogen and oxygen atoms in total. The summed E-state index contributed by atoms with van der Waals surface area (Å²) >= 11 is 5.53. The molecule has 0 spiro atoms. The molecule has 0 radical (unpaired) electrons. The van der Waals surface area contributed by atoms with Crippen molar-refractivity contribution in [3.63, 3.8) is 0 Å². The van der Waals surface area contributed by atoms with Gasteiger partial charge in [-0.3, -0.25) is 9.59 Å². The molecule has 1 aromatic heterocycles. The third-order valence-electron chi connectivity index (χ3n) is 6.12. The fraction of sp³-hybridized carbons (Fsp3) is 0.320. The summed E-state index contributed by atoms with van der Waals surface area (Å²) in [7, 11) is 0. The van der Waals surface area contributed by atoms with E-state index in [-0.39, 0.29) is 36.2 Å². The molecule has 35 heavy (non-hydrogen) atoms. The Kier molecular flexibility index (Phi) is 6.43. The summed E-state index contributed by atoms with van der Waals surface area (Å²) in [6, 6.07) is 13.4. The molecule has 3 heterocycles. The fourth-order valence-electron chi connectivity index (χ4n) is 4.56. The number of nitrogens with zero attached hydrogens (tertiary/aromatic N) is 1. The first-order valence-corrected chi connectivity index (χ1v) is 11.5. The summed E-state index contributed by atoms with van der Waals surface area (Å²) in [4.78, 5) is 27.0. The SMILES string of the molecule is N#Cc1c(O[C@H]2CO[C@H]3[C@@H]2OC[C@@H]3OC(=O)CCl)c2c(Cc3ccc(F)cc3)cccc2[nH]c1=O. The van der Waals surface area contributed by atoms with Crippen LogP contribution in [-0.4, -0.2) is 54.5 Å². The molecule has 0 aliphatic carbocycles. The molecule has 2 aromatic carbocycles. The number of hydrogen-bond acceptors (Lipinski definition) is 7. The van der Waals surface area contributed by atoms with Crippen LogP contribution in [0.2, 0.25) is 0 Å². The van der Waals surface area contributed by atoms with Gasteiger partial charge in [-0.15, -0.1) is 11.6 Å². The maximum absolute atomic E-state index is 13.4. The Morgan fingerprint density at radius 1 is 1.14 bits per heavy atom. The van der Waals surface area contributed by atoms with E-state index < -0.39 is 35.9 Å². The summed E-state index contributed by atoms with van der Waals surface area (Å²) in [5.41, 5.74) is 1.39. The lowest BCUT2D eigenvalue weighted by molar-refractivity contribution is -0.150. The van der Waals surface area contributed by atoms with E-state index in [1.807, 2.05) is 12.1 Å². The van der Waals surface area contributed by atoms with Crippen LogP contribution < -0.4 is 10.3 Å². The Morgan fingerprint density at radius 2 is 1.86 bits per heavy atom. The molecule has 5 rings (SSSR count). The van der Waals surface area contributed by atoms with Gasteiger partial charge in [0.1, 0.15) is 30.0 Å². The Balaban J connectivity index is 1.51. The average molecular weight is 499 g/mol. The van der Waals surface area contributed by atoms with Crippen molar-refractivity contribution in [3.8, 4) is 11.8 Å². The van der Waals surface area contributed by atoms with E-state index in [9.17, 15) is 19.2 Å². The van der Waals surface area contributed by atoms with Crippen LogP contribution in [0, 0.1) is 17.1 Å². The molecule has 2 saturated heterocycles. The number of hydrogen-bond donors (Lipinski definition) is 1. The second-order valence-electron chi connectivity index (χ2n) is 8.33. The number of H-pyrrole nitrogens is 1. The summed E-state index contributed by atoms with van der Waals surface area (Å²) in [6.45, 7) is 0.235. The van der Waals surface area contributed by atoms with Crippen LogP contribution in [0.5, 0.6) is 5.75 Å². The Morgan fingerprint density at radius 3 is 2.57 bits per heavy atom. The molecule has 2 aliphatic rings. The number of esters is 1. The van der Waals surface area contributed by atoms with Crippen molar-refractivity contribution in [2.24, 2.45) is 0 Å². The van der Waals surface area contributed by atoms with Crippen LogP contribution >= 0.6 is 11.6 Å². The van der Waals surface area contributed by atoms with Crippen molar-refractivity contribution in [3.05, 3.63) is 75.3 Å². The number of carbonyl (C=O) groups is 1. The number of aromatic nitrogens is 1. The standard InChI is InChI=1S/C25H20ClFN2O6/c26-9-20(30)34-18-11-32-24-19(12-33-23(18)24)35-22-16(10-28)25(31)29-17-3-1-2-14(21(17)22)8-13-4-6-15(27)7-5-13/h1-7,18-19,23-24H,8-9,11-12H2,(H,29,31)/t18-,19-,23+,24+/m0/s1. The van der Waals surface area contributed by atoms with Gasteiger partial charge in [0, 0.05) is 5.39 Å². The fourth-order valence-corrected chi connectivity index (χ4v) is 4.62. The average Bonchev–Trinajstić information content (AvgIpc) is 3.43.